The van der Waals surface area contributed by atoms with Crippen LogP contribution in [0.25, 0.3) is 0 Å². The Bertz CT molecular complexity index is 539. The number of carbonyl (C=O) groups is 2. The molecule has 1 aromatic rings. The van der Waals surface area contributed by atoms with Gasteiger partial charge in [-0.2, -0.15) is 0 Å². The van der Waals surface area contributed by atoms with Crippen LogP contribution >= 0.6 is 0 Å². The first kappa shape index (κ1) is 18.2. The van der Waals surface area contributed by atoms with Gasteiger partial charge in [0.1, 0.15) is 0 Å². The van der Waals surface area contributed by atoms with Crippen molar-refractivity contribution >= 4 is 17.5 Å². The van der Waals surface area contributed by atoms with E-state index in [0.717, 1.165) is 18.4 Å². The quantitative estimate of drug-likeness (QED) is 0.677. The third kappa shape index (κ3) is 5.85. The molecule has 5 nitrogen and oxygen atoms in total. The number of aliphatic hydroxyl groups excluding tert-OH is 1. The molecule has 0 radical (unpaired) electrons. The lowest BCUT2D eigenvalue weighted by atomic mass is 9.89. The van der Waals surface area contributed by atoms with Crippen LogP contribution in [-0.4, -0.2) is 30.1 Å². The number of aliphatic hydroxyl groups is 1. The fourth-order valence-electron chi connectivity index (χ4n) is 2.04. The van der Waals surface area contributed by atoms with Gasteiger partial charge in [0.05, 0.1) is 0 Å². The maximum atomic E-state index is 12.1. The van der Waals surface area contributed by atoms with Gasteiger partial charge in [-0.05, 0) is 42.9 Å². The van der Waals surface area contributed by atoms with E-state index in [4.69, 9.17) is 0 Å². The van der Waals surface area contributed by atoms with Crippen molar-refractivity contribution in [1.82, 2.24) is 5.32 Å². The number of amides is 2. The second-order valence-electron chi connectivity index (χ2n) is 6.39. The van der Waals surface area contributed by atoms with E-state index in [0.29, 0.717) is 17.8 Å². The number of hydrogen-bond donors (Lipinski definition) is 3. The lowest BCUT2D eigenvalue weighted by molar-refractivity contribution is -0.114. The van der Waals surface area contributed by atoms with Crippen molar-refractivity contribution in [3.05, 3.63) is 29.3 Å². The van der Waals surface area contributed by atoms with Crippen molar-refractivity contribution in [2.45, 2.75) is 40.5 Å². The van der Waals surface area contributed by atoms with Crippen molar-refractivity contribution in [2.24, 2.45) is 5.41 Å². The topological polar surface area (TPSA) is 78.4 Å². The third-order valence-electron chi connectivity index (χ3n) is 3.55. The van der Waals surface area contributed by atoms with Gasteiger partial charge in [0.15, 0.2) is 0 Å². The largest absolute Gasteiger partial charge is 0.396 e. The summed E-state index contributed by atoms with van der Waals surface area (Å²) < 4.78 is 0. The minimum absolute atomic E-state index is 0.118. The van der Waals surface area contributed by atoms with Crippen molar-refractivity contribution in [1.29, 1.82) is 0 Å². The first-order valence-electron chi connectivity index (χ1n) is 7.52. The number of rotatable bonds is 7. The third-order valence-corrected chi connectivity index (χ3v) is 3.55. The van der Waals surface area contributed by atoms with Gasteiger partial charge in [0.25, 0.3) is 5.91 Å². The van der Waals surface area contributed by atoms with Gasteiger partial charge in [-0.1, -0.05) is 19.9 Å². The van der Waals surface area contributed by atoms with Crippen LogP contribution in [0.5, 0.6) is 0 Å². The van der Waals surface area contributed by atoms with E-state index >= 15 is 0 Å². The van der Waals surface area contributed by atoms with Crippen LogP contribution in [0.2, 0.25) is 0 Å². The summed E-state index contributed by atoms with van der Waals surface area (Å²) in [6.07, 6.45) is 1.65. The van der Waals surface area contributed by atoms with E-state index in [1.807, 2.05) is 26.8 Å². The minimum atomic E-state index is -0.160. The van der Waals surface area contributed by atoms with Gasteiger partial charge in [-0.15, -0.1) is 0 Å². The molecule has 0 aromatic heterocycles. The van der Waals surface area contributed by atoms with Crippen LogP contribution in [-0.2, 0) is 4.79 Å². The molecule has 0 aliphatic rings. The molecule has 22 heavy (non-hydrogen) atoms. The summed E-state index contributed by atoms with van der Waals surface area (Å²) in [6.45, 7) is 8.01. The Hall–Kier alpha value is -1.88. The molecule has 0 heterocycles. The first-order chi connectivity index (χ1) is 10.2. The Labute approximate surface area is 132 Å². The average molecular weight is 306 g/mol. The summed E-state index contributed by atoms with van der Waals surface area (Å²) in [5.74, 6) is -0.319. The lowest BCUT2D eigenvalue weighted by Gasteiger charge is -2.21. The zero-order valence-electron chi connectivity index (χ0n) is 13.8. The van der Waals surface area contributed by atoms with Gasteiger partial charge in [-0.3, -0.25) is 9.59 Å². The van der Waals surface area contributed by atoms with E-state index in [1.165, 1.54) is 6.92 Å². The fraction of sp³-hybridized carbons (Fsp3) is 0.529. The fourth-order valence-corrected chi connectivity index (χ4v) is 2.04. The van der Waals surface area contributed by atoms with E-state index in [-0.39, 0.29) is 23.8 Å². The Kier molecular flexibility index (Phi) is 6.56. The second-order valence-corrected chi connectivity index (χ2v) is 6.39. The van der Waals surface area contributed by atoms with Crippen LogP contribution < -0.4 is 10.6 Å². The maximum Gasteiger partial charge on any atom is 0.251 e. The molecule has 2 amide bonds. The van der Waals surface area contributed by atoms with Crippen LogP contribution in [0, 0.1) is 12.3 Å². The highest BCUT2D eigenvalue weighted by Crippen LogP contribution is 2.20. The second kappa shape index (κ2) is 7.94. The Balaban J connectivity index is 2.57. The molecular weight excluding hydrogens is 280 g/mol. The Morgan fingerprint density at radius 3 is 2.55 bits per heavy atom. The van der Waals surface area contributed by atoms with Gasteiger partial charge in [0.2, 0.25) is 5.91 Å². The van der Waals surface area contributed by atoms with E-state index in [1.54, 1.807) is 12.1 Å². The zero-order chi connectivity index (χ0) is 16.8. The minimum Gasteiger partial charge on any atom is -0.396 e. The van der Waals surface area contributed by atoms with Crippen molar-refractivity contribution in [2.75, 3.05) is 18.5 Å². The molecule has 0 unspecified atom stereocenters. The number of hydrogen-bond acceptors (Lipinski definition) is 3. The van der Waals surface area contributed by atoms with E-state index in [2.05, 4.69) is 10.6 Å². The van der Waals surface area contributed by atoms with Crippen LogP contribution in [0.4, 0.5) is 5.69 Å². The number of benzene rings is 1. The average Bonchev–Trinajstić information content (AvgIpc) is 2.45. The smallest absolute Gasteiger partial charge is 0.251 e. The Morgan fingerprint density at radius 1 is 1.27 bits per heavy atom. The zero-order valence-corrected chi connectivity index (χ0v) is 13.8. The molecule has 0 bridgehead atoms. The predicted octanol–water partition coefficient (Wildman–Crippen LogP) is 2.48. The summed E-state index contributed by atoms with van der Waals surface area (Å²) >= 11 is 0. The summed E-state index contributed by atoms with van der Waals surface area (Å²) in [7, 11) is 0. The lowest BCUT2D eigenvalue weighted by Crippen LogP contribution is -2.26. The standard InChI is InChI=1S/C17H26N2O3/c1-12-6-7-14(10-15(12)19-13(2)21)16(22)18-9-5-8-17(3,4)11-20/h6-7,10,20H,5,8-9,11H2,1-4H3,(H,18,22)(H,19,21). The highest BCUT2D eigenvalue weighted by molar-refractivity contribution is 5.97. The number of carbonyl (C=O) groups excluding carboxylic acids is 2. The van der Waals surface area contributed by atoms with Crippen LogP contribution in [0.15, 0.2) is 18.2 Å². The summed E-state index contributed by atoms with van der Waals surface area (Å²) in [5.41, 5.74) is 1.97. The summed E-state index contributed by atoms with van der Waals surface area (Å²) in [4.78, 5) is 23.3. The summed E-state index contributed by atoms with van der Waals surface area (Å²) in [5, 5.41) is 14.8. The molecule has 0 spiro atoms. The molecule has 3 N–H and O–H groups in total. The van der Waals surface area contributed by atoms with Crippen LogP contribution in [0.3, 0.4) is 0 Å². The summed E-state index contributed by atoms with van der Waals surface area (Å²) in [6, 6.07) is 5.24. The maximum absolute atomic E-state index is 12.1. The highest BCUT2D eigenvalue weighted by Gasteiger charge is 2.16. The molecule has 0 saturated carbocycles. The number of aryl methyl sites for hydroxylation is 1. The molecule has 0 aliphatic heterocycles. The van der Waals surface area contributed by atoms with Crippen molar-refractivity contribution in [3.63, 3.8) is 0 Å². The molecule has 1 aromatic carbocycles. The number of nitrogens with one attached hydrogen (secondary N) is 2. The van der Waals surface area contributed by atoms with Crippen LogP contribution in [0.1, 0.15) is 49.5 Å². The van der Waals surface area contributed by atoms with Gasteiger partial charge < -0.3 is 15.7 Å². The monoisotopic (exact) mass is 306 g/mol. The molecule has 1 rings (SSSR count). The van der Waals surface area contributed by atoms with E-state index in [9.17, 15) is 14.7 Å². The highest BCUT2D eigenvalue weighted by atomic mass is 16.3. The van der Waals surface area contributed by atoms with E-state index < -0.39 is 0 Å². The van der Waals surface area contributed by atoms with Crippen molar-refractivity contribution < 1.29 is 14.7 Å². The SMILES string of the molecule is CC(=O)Nc1cc(C(=O)NCCCC(C)(C)CO)ccc1C. The molecule has 0 saturated heterocycles. The van der Waals surface area contributed by atoms with Gasteiger partial charge in [-0.25, -0.2) is 0 Å². The molecule has 0 atom stereocenters. The Morgan fingerprint density at radius 2 is 1.95 bits per heavy atom. The first-order valence-corrected chi connectivity index (χ1v) is 7.52. The normalized spacial score (nSPS) is 11.1. The van der Waals surface area contributed by atoms with Gasteiger partial charge >= 0.3 is 0 Å². The molecule has 5 heteroatoms. The molecule has 122 valence electrons. The molecular formula is C17H26N2O3. The van der Waals surface area contributed by atoms with Gasteiger partial charge in [0, 0.05) is 31.3 Å². The predicted molar refractivity (Wildman–Crippen MR) is 87.9 cm³/mol. The molecule has 0 fully saturated rings. The van der Waals surface area contributed by atoms with Crippen molar-refractivity contribution in [3.8, 4) is 0 Å². The molecule has 0 aliphatic carbocycles. The number of anilines is 1.